The van der Waals surface area contributed by atoms with Crippen LogP contribution < -0.4 is 16.4 Å². The van der Waals surface area contributed by atoms with Crippen molar-refractivity contribution in [3.8, 4) is 11.4 Å². The summed E-state index contributed by atoms with van der Waals surface area (Å²) in [5.41, 5.74) is 13.9. The van der Waals surface area contributed by atoms with E-state index in [1.807, 2.05) is 21.2 Å². The third-order valence-corrected chi connectivity index (χ3v) is 6.69. The van der Waals surface area contributed by atoms with Crippen LogP contribution in [-0.2, 0) is 9.53 Å². The molecule has 3 aromatic heterocycles. The SMILES string of the molecule is CC(N)C(=O)N1CCC(n2ncc3c(-c4csc(N)n4)nc(N4CCOCC4)nc32)CC1. The number of likely N-dealkylation sites (tertiary alicyclic amines) is 1. The molecule has 0 saturated carbocycles. The lowest BCUT2D eigenvalue weighted by Gasteiger charge is -2.33. The van der Waals surface area contributed by atoms with E-state index in [9.17, 15) is 4.79 Å². The zero-order chi connectivity index (χ0) is 22.2. The van der Waals surface area contributed by atoms with E-state index in [0.717, 1.165) is 48.4 Å². The summed E-state index contributed by atoms with van der Waals surface area (Å²) in [6.45, 7) is 5.79. The fourth-order valence-electron chi connectivity index (χ4n) is 4.30. The Labute approximate surface area is 189 Å². The largest absolute Gasteiger partial charge is 0.378 e. The van der Waals surface area contributed by atoms with Gasteiger partial charge in [-0.1, -0.05) is 0 Å². The molecule has 1 amide bonds. The van der Waals surface area contributed by atoms with Gasteiger partial charge in [-0.15, -0.1) is 11.3 Å². The fraction of sp³-hybridized carbons (Fsp3) is 0.550. The lowest BCUT2D eigenvalue weighted by molar-refractivity contribution is -0.133. The van der Waals surface area contributed by atoms with E-state index in [1.54, 1.807) is 6.92 Å². The molecule has 5 heterocycles. The van der Waals surface area contributed by atoms with Gasteiger partial charge < -0.3 is 26.0 Å². The van der Waals surface area contributed by atoms with Gasteiger partial charge in [0.15, 0.2) is 10.8 Å². The number of amides is 1. The van der Waals surface area contributed by atoms with Gasteiger partial charge in [0, 0.05) is 31.6 Å². The minimum absolute atomic E-state index is 0.00545. The minimum atomic E-state index is -0.478. The van der Waals surface area contributed by atoms with Crippen LogP contribution >= 0.6 is 11.3 Å². The summed E-state index contributed by atoms with van der Waals surface area (Å²) in [5, 5.41) is 7.95. The van der Waals surface area contributed by atoms with Crippen molar-refractivity contribution in [3.63, 3.8) is 0 Å². The molecule has 2 saturated heterocycles. The number of ether oxygens (including phenoxy) is 1. The Morgan fingerprint density at radius 2 is 1.94 bits per heavy atom. The normalized spacial score (nSPS) is 18.9. The number of nitrogen functional groups attached to an aromatic ring is 1. The van der Waals surface area contributed by atoms with Gasteiger partial charge in [0.05, 0.1) is 36.9 Å². The number of anilines is 2. The predicted octanol–water partition coefficient (Wildman–Crippen LogP) is 0.879. The van der Waals surface area contributed by atoms with Crippen molar-refractivity contribution in [2.24, 2.45) is 5.73 Å². The quantitative estimate of drug-likeness (QED) is 0.584. The summed E-state index contributed by atoms with van der Waals surface area (Å²) in [4.78, 5) is 30.4. The summed E-state index contributed by atoms with van der Waals surface area (Å²) < 4.78 is 7.47. The van der Waals surface area contributed by atoms with Crippen molar-refractivity contribution < 1.29 is 9.53 Å². The number of hydrogen-bond acceptors (Lipinski definition) is 10. The van der Waals surface area contributed by atoms with Gasteiger partial charge in [-0.2, -0.15) is 10.1 Å². The number of thiazole rings is 1. The Bertz CT molecular complexity index is 1110. The van der Waals surface area contributed by atoms with Crippen molar-refractivity contribution >= 4 is 39.4 Å². The average Bonchev–Trinajstić information content (AvgIpc) is 3.45. The molecule has 5 rings (SSSR count). The summed E-state index contributed by atoms with van der Waals surface area (Å²) in [5.74, 6) is 0.641. The maximum absolute atomic E-state index is 12.3. The van der Waals surface area contributed by atoms with Crippen LogP contribution in [0.4, 0.5) is 11.1 Å². The maximum atomic E-state index is 12.3. The zero-order valence-electron chi connectivity index (χ0n) is 18.0. The molecular weight excluding hydrogens is 430 g/mol. The van der Waals surface area contributed by atoms with Gasteiger partial charge in [0.2, 0.25) is 11.9 Å². The number of nitrogens with two attached hydrogens (primary N) is 2. The highest BCUT2D eigenvalue weighted by atomic mass is 32.1. The predicted molar refractivity (Wildman–Crippen MR) is 122 cm³/mol. The van der Waals surface area contributed by atoms with Crippen LogP contribution in [0.2, 0.25) is 0 Å². The van der Waals surface area contributed by atoms with E-state index in [4.69, 9.17) is 31.3 Å². The lowest BCUT2D eigenvalue weighted by atomic mass is 10.0. The molecule has 2 fully saturated rings. The highest BCUT2D eigenvalue weighted by molar-refractivity contribution is 7.13. The van der Waals surface area contributed by atoms with Crippen molar-refractivity contribution in [1.29, 1.82) is 0 Å². The first kappa shape index (κ1) is 21.0. The standard InChI is InChI=1S/C20H27N9O2S/c1-12(21)18(30)27-4-2-13(3-5-27)29-17-14(10-23-29)16(15-11-32-19(22)24-15)25-20(26-17)28-6-8-31-9-7-28/h10-13H,2-9,21H2,1H3,(H2,22,24). The molecule has 32 heavy (non-hydrogen) atoms. The second kappa shape index (κ2) is 8.60. The molecule has 0 aliphatic carbocycles. The maximum Gasteiger partial charge on any atom is 0.239 e. The number of carbonyl (C=O) groups is 1. The number of piperidine rings is 1. The van der Waals surface area contributed by atoms with E-state index < -0.39 is 6.04 Å². The number of nitrogens with zero attached hydrogens (tertiary/aromatic N) is 7. The van der Waals surface area contributed by atoms with Crippen LogP contribution in [0.15, 0.2) is 11.6 Å². The molecule has 11 nitrogen and oxygen atoms in total. The molecule has 0 aromatic carbocycles. The average molecular weight is 458 g/mol. The summed E-state index contributed by atoms with van der Waals surface area (Å²) >= 11 is 1.39. The Hall–Kier alpha value is -2.83. The number of hydrogen-bond donors (Lipinski definition) is 2. The van der Waals surface area contributed by atoms with Crippen molar-refractivity contribution in [2.75, 3.05) is 50.0 Å². The smallest absolute Gasteiger partial charge is 0.239 e. The molecule has 0 radical (unpaired) electrons. The molecule has 3 aromatic rings. The van der Waals surface area contributed by atoms with Crippen molar-refractivity contribution in [2.45, 2.75) is 31.8 Å². The molecule has 1 unspecified atom stereocenters. The van der Waals surface area contributed by atoms with Crippen LogP contribution in [0.3, 0.4) is 0 Å². The Kier molecular flexibility index (Phi) is 5.66. The summed E-state index contributed by atoms with van der Waals surface area (Å²) in [6, 6.07) is -0.334. The van der Waals surface area contributed by atoms with E-state index >= 15 is 0 Å². The fourth-order valence-corrected chi connectivity index (χ4v) is 4.84. The van der Waals surface area contributed by atoms with Gasteiger partial charge in [-0.05, 0) is 19.8 Å². The molecule has 2 aliphatic heterocycles. The topological polar surface area (TPSA) is 141 Å². The van der Waals surface area contributed by atoms with Gasteiger partial charge in [0.25, 0.3) is 0 Å². The first-order chi connectivity index (χ1) is 15.5. The van der Waals surface area contributed by atoms with E-state index in [-0.39, 0.29) is 11.9 Å². The third-order valence-electron chi connectivity index (χ3n) is 6.01. The van der Waals surface area contributed by atoms with Gasteiger partial charge in [-0.3, -0.25) is 4.79 Å². The van der Waals surface area contributed by atoms with Crippen molar-refractivity contribution in [3.05, 3.63) is 11.6 Å². The molecule has 4 N–H and O–H groups in total. The molecule has 0 bridgehead atoms. The molecule has 0 spiro atoms. The Morgan fingerprint density at radius 1 is 1.19 bits per heavy atom. The summed E-state index contributed by atoms with van der Waals surface area (Å²) in [6.07, 6.45) is 3.40. The molecule has 12 heteroatoms. The van der Waals surface area contributed by atoms with Gasteiger partial charge >= 0.3 is 0 Å². The van der Waals surface area contributed by atoms with Crippen LogP contribution in [-0.4, -0.2) is 81.0 Å². The Morgan fingerprint density at radius 3 is 2.59 bits per heavy atom. The number of rotatable bonds is 4. The summed E-state index contributed by atoms with van der Waals surface area (Å²) in [7, 11) is 0. The zero-order valence-corrected chi connectivity index (χ0v) is 18.8. The molecule has 2 aliphatic rings. The van der Waals surface area contributed by atoms with Crippen LogP contribution in [0.25, 0.3) is 22.4 Å². The number of fused-ring (bicyclic) bond motifs is 1. The highest BCUT2D eigenvalue weighted by Gasteiger charge is 2.28. The van der Waals surface area contributed by atoms with Gasteiger partial charge in [-0.25, -0.2) is 14.6 Å². The lowest BCUT2D eigenvalue weighted by Crippen LogP contribution is -2.46. The molecule has 1 atom stereocenters. The first-order valence-electron chi connectivity index (χ1n) is 10.8. The number of carbonyl (C=O) groups excluding carboxylic acids is 1. The second-order valence-electron chi connectivity index (χ2n) is 8.21. The third kappa shape index (κ3) is 3.89. The van der Waals surface area contributed by atoms with Crippen molar-refractivity contribution in [1.82, 2.24) is 29.6 Å². The molecular formula is C20H27N9O2S. The van der Waals surface area contributed by atoms with E-state index in [2.05, 4.69) is 9.88 Å². The monoisotopic (exact) mass is 457 g/mol. The van der Waals surface area contributed by atoms with Crippen LogP contribution in [0.1, 0.15) is 25.8 Å². The number of morpholine rings is 1. The second-order valence-corrected chi connectivity index (χ2v) is 9.10. The minimum Gasteiger partial charge on any atom is -0.378 e. The first-order valence-corrected chi connectivity index (χ1v) is 11.7. The number of aromatic nitrogens is 5. The van der Waals surface area contributed by atoms with Crippen LogP contribution in [0, 0.1) is 0 Å². The van der Waals surface area contributed by atoms with Gasteiger partial charge in [0.1, 0.15) is 11.4 Å². The van der Waals surface area contributed by atoms with Crippen LogP contribution in [0.5, 0.6) is 0 Å². The van der Waals surface area contributed by atoms with E-state index in [0.29, 0.717) is 37.4 Å². The molecule has 170 valence electrons. The van der Waals surface area contributed by atoms with E-state index in [1.165, 1.54) is 11.3 Å². The Balaban J connectivity index is 1.51. The highest BCUT2D eigenvalue weighted by Crippen LogP contribution is 2.33.